The average Bonchev–Trinajstić information content (AvgIpc) is 2.59. The highest BCUT2D eigenvalue weighted by atomic mass is 32.1. The fourth-order valence-corrected chi connectivity index (χ4v) is 2.37. The van der Waals surface area contributed by atoms with E-state index in [1.54, 1.807) is 0 Å². The third-order valence-corrected chi connectivity index (χ3v) is 3.25. The molecule has 2 nitrogen and oxygen atoms in total. The number of amides is 1. The molecule has 2 aromatic rings. The fourth-order valence-electron chi connectivity index (χ4n) is 1.42. The zero-order chi connectivity index (χ0) is 11.9. The molecule has 6 heteroatoms. The van der Waals surface area contributed by atoms with E-state index in [0.717, 1.165) is 6.07 Å². The van der Waals surface area contributed by atoms with Gasteiger partial charge in [-0.2, -0.15) is 13.2 Å². The van der Waals surface area contributed by atoms with Crippen molar-refractivity contribution in [2.24, 2.45) is 5.73 Å². The predicted molar refractivity (Wildman–Crippen MR) is 55.3 cm³/mol. The van der Waals surface area contributed by atoms with Gasteiger partial charge in [0.1, 0.15) is 4.88 Å². The number of thiophene rings is 1. The second-order valence-corrected chi connectivity index (χ2v) is 4.27. The summed E-state index contributed by atoms with van der Waals surface area (Å²) in [5.74, 6) is -0.725. The zero-order valence-electron chi connectivity index (χ0n) is 7.84. The molecular weight excluding hydrogens is 239 g/mol. The van der Waals surface area contributed by atoms with Gasteiger partial charge in [0.25, 0.3) is 0 Å². The molecule has 0 saturated heterocycles. The summed E-state index contributed by atoms with van der Waals surface area (Å²) >= 11 is 0.603. The molecule has 0 aliphatic carbocycles. The van der Waals surface area contributed by atoms with Gasteiger partial charge in [-0.3, -0.25) is 4.79 Å². The first-order valence-electron chi connectivity index (χ1n) is 4.29. The largest absolute Gasteiger partial charge is 0.425 e. The third-order valence-electron chi connectivity index (χ3n) is 2.11. The second-order valence-electron chi connectivity index (χ2n) is 3.19. The van der Waals surface area contributed by atoms with Crippen molar-refractivity contribution in [3.63, 3.8) is 0 Å². The number of nitrogens with two attached hydrogens (primary N) is 1. The van der Waals surface area contributed by atoms with Crippen LogP contribution in [-0.4, -0.2) is 5.91 Å². The minimum absolute atomic E-state index is 0.115. The van der Waals surface area contributed by atoms with E-state index in [0.29, 0.717) is 16.0 Å². The third kappa shape index (κ3) is 1.76. The van der Waals surface area contributed by atoms with E-state index in [-0.39, 0.29) is 10.9 Å². The van der Waals surface area contributed by atoms with Crippen molar-refractivity contribution in [3.05, 3.63) is 34.7 Å². The summed E-state index contributed by atoms with van der Waals surface area (Å²) in [6.07, 6.45) is -4.39. The number of hydrogen-bond donors (Lipinski definition) is 1. The molecule has 0 saturated carbocycles. The standard InChI is InChI=1S/C10H6F3NOS/c11-10(12,13)8-4-6-5(9(14)15)2-1-3-7(6)16-8/h1-4H,(H2,14,15). The maximum atomic E-state index is 12.5. The van der Waals surface area contributed by atoms with Crippen molar-refractivity contribution in [1.29, 1.82) is 0 Å². The first-order chi connectivity index (χ1) is 7.39. The lowest BCUT2D eigenvalue weighted by atomic mass is 10.1. The molecule has 0 unspecified atom stereocenters. The molecule has 1 aromatic heterocycles. The number of hydrogen-bond acceptors (Lipinski definition) is 2. The van der Waals surface area contributed by atoms with Gasteiger partial charge in [-0.25, -0.2) is 0 Å². The molecule has 84 valence electrons. The maximum Gasteiger partial charge on any atom is 0.425 e. The molecule has 0 aliphatic heterocycles. The second kappa shape index (κ2) is 3.48. The van der Waals surface area contributed by atoms with Gasteiger partial charge in [-0.05, 0) is 18.2 Å². The Kier molecular flexibility index (Phi) is 2.38. The molecule has 1 aromatic carbocycles. The molecule has 0 bridgehead atoms. The first-order valence-corrected chi connectivity index (χ1v) is 5.11. The van der Waals surface area contributed by atoms with E-state index < -0.39 is 17.0 Å². The van der Waals surface area contributed by atoms with E-state index in [9.17, 15) is 18.0 Å². The highest BCUT2D eigenvalue weighted by Crippen LogP contribution is 2.38. The number of carbonyl (C=O) groups is 1. The Labute approximate surface area is 92.5 Å². The van der Waals surface area contributed by atoms with Gasteiger partial charge in [0.15, 0.2) is 0 Å². The molecule has 0 aliphatic rings. The maximum absolute atomic E-state index is 12.5. The quantitative estimate of drug-likeness (QED) is 0.824. The van der Waals surface area contributed by atoms with Crippen LogP contribution in [-0.2, 0) is 6.18 Å². The van der Waals surface area contributed by atoms with Crippen LogP contribution in [0.25, 0.3) is 10.1 Å². The van der Waals surface area contributed by atoms with Gasteiger partial charge in [0.2, 0.25) is 5.91 Å². The zero-order valence-corrected chi connectivity index (χ0v) is 8.65. The Bertz CT molecular complexity index is 559. The van der Waals surface area contributed by atoms with Crippen LogP contribution in [0, 0.1) is 0 Å². The van der Waals surface area contributed by atoms with Gasteiger partial charge in [0.05, 0.1) is 0 Å². The van der Waals surface area contributed by atoms with Gasteiger partial charge in [-0.15, -0.1) is 11.3 Å². The highest BCUT2D eigenvalue weighted by Gasteiger charge is 2.33. The molecule has 0 radical (unpaired) electrons. The molecular formula is C10H6F3NOS. The van der Waals surface area contributed by atoms with Crippen LogP contribution < -0.4 is 5.73 Å². The minimum atomic E-state index is -4.39. The predicted octanol–water partition coefficient (Wildman–Crippen LogP) is 3.02. The number of carbonyl (C=O) groups excluding carboxylic acids is 1. The lowest BCUT2D eigenvalue weighted by molar-refractivity contribution is -0.134. The van der Waals surface area contributed by atoms with Crippen molar-refractivity contribution in [3.8, 4) is 0 Å². The Morgan fingerprint density at radius 2 is 2.00 bits per heavy atom. The van der Waals surface area contributed by atoms with Gasteiger partial charge in [-0.1, -0.05) is 6.07 Å². The SMILES string of the molecule is NC(=O)c1cccc2sc(C(F)(F)F)cc12. The molecule has 16 heavy (non-hydrogen) atoms. The number of primary amides is 1. The van der Waals surface area contributed by atoms with E-state index in [4.69, 9.17) is 5.73 Å². The fraction of sp³-hybridized carbons (Fsp3) is 0.100. The van der Waals surface area contributed by atoms with Crippen LogP contribution >= 0.6 is 11.3 Å². The Hall–Kier alpha value is -1.56. The van der Waals surface area contributed by atoms with Gasteiger partial charge in [0, 0.05) is 15.6 Å². The Balaban J connectivity index is 2.71. The molecule has 0 fully saturated rings. The van der Waals surface area contributed by atoms with Crippen molar-refractivity contribution >= 4 is 27.3 Å². The molecule has 2 rings (SSSR count). The summed E-state index contributed by atoms with van der Waals surface area (Å²) in [5, 5.41) is 0.257. The summed E-state index contributed by atoms with van der Waals surface area (Å²) in [5.41, 5.74) is 5.20. The van der Waals surface area contributed by atoms with Gasteiger partial charge < -0.3 is 5.73 Å². The number of benzene rings is 1. The monoisotopic (exact) mass is 245 g/mol. The van der Waals surface area contributed by atoms with E-state index in [1.807, 2.05) is 0 Å². The Morgan fingerprint density at radius 1 is 1.31 bits per heavy atom. The first kappa shape index (κ1) is 10.9. The smallest absolute Gasteiger partial charge is 0.366 e. The van der Waals surface area contributed by atoms with Crippen LogP contribution in [0.3, 0.4) is 0 Å². The van der Waals surface area contributed by atoms with Crippen molar-refractivity contribution < 1.29 is 18.0 Å². The van der Waals surface area contributed by atoms with E-state index >= 15 is 0 Å². The molecule has 1 heterocycles. The lowest BCUT2D eigenvalue weighted by Crippen LogP contribution is -2.10. The summed E-state index contributed by atoms with van der Waals surface area (Å²) < 4.78 is 37.8. The van der Waals surface area contributed by atoms with Crippen LogP contribution in [0.1, 0.15) is 15.2 Å². The minimum Gasteiger partial charge on any atom is -0.366 e. The summed E-state index contributed by atoms with van der Waals surface area (Å²) in [6.45, 7) is 0. The molecule has 0 spiro atoms. The number of halogens is 3. The van der Waals surface area contributed by atoms with Crippen LogP contribution in [0.5, 0.6) is 0 Å². The summed E-state index contributed by atoms with van der Waals surface area (Å²) in [6, 6.07) is 5.42. The van der Waals surface area contributed by atoms with Crippen LogP contribution in [0.2, 0.25) is 0 Å². The molecule has 2 N–H and O–H groups in total. The number of rotatable bonds is 1. The van der Waals surface area contributed by atoms with Gasteiger partial charge >= 0.3 is 6.18 Å². The van der Waals surface area contributed by atoms with Crippen molar-refractivity contribution in [2.75, 3.05) is 0 Å². The molecule has 1 amide bonds. The lowest BCUT2D eigenvalue weighted by Gasteiger charge is -1.99. The normalized spacial score (nSPS) is 11.9. The highest BCUT2D eigenvalue weighted by molar-refractivity contribution is 7.19. The number of fused-ring (bicyclic) bond motifs is 1. The average molecular weight is 245 g/mol. The van der Waals surface area contributed by atoms with E-state index in [1.165, 1.54) is 18.2 Å². The van der Waals surface area contributed by atoms with Crippen LogP contribution in [0.4, 0.5) is 13.2 Å². The molecule has 0 atom stereocenters. The van der Waals surface area contributed by atoms with Crippen LogP contribution in [0.15, 0.2) is 24.3 Å². The topological polar surface area (TPSA) is 43.1 Å². The number of alkyl halides is 3. The Morgan fingerprint density at radius 3 is 2.56 bits per heavy atom. The van der Waals surface area contributed by atoms with Crippen molar-refractivity contribution in [2.45, 2.75) is 6.18 Å². The summed E-state index contributed by atoms with van der Waals surface area (Å²) in [4.78, 5) is 10.3. The van der Waals surface area contributed by atoms with Crippen molar-refractivity contribution in [1.82, 2.24) is 0 Å². The summed E-state index contributed by atoms with van der Waals surface area (Å²) in [7, 11) is 0. The van der Waals surface area contributed by atoms with E-state index in [2.05, 4.69) is 0 Å².